The Bertz CT molecular complexity index is 1100. The number of hydrogen-bond donors (Lipinski definition) is 3. The normalized spacial score (nSPS) is 16.4. The zero-order valence-electron chi connectivity index (χ0n) is 16.4. The van der Waals surface area contributed by atoms with Gasteiger partial charge in [0.15, 0.2) is 5.82 Å². The second kappa shape index (κ2) is 8.00. The molecule has 4 rings (SSSR count). The van der Waals surface area contributed by atoms with Gasteiger partial charge in [-0.1, -0.05) is 18.2 Å². The Kier molecular flexibility index (Phi) is 5.24. The first-order valence-electron chi connectivity index (χ1n) is 9.56. The molecule has 0 saturated carbocycles. The summed E-state index contributed by atoms with van der Waals surface area (Å²) in [5, 5.41) is 27.6. The zero-order chi connectivity index (χ0) is 21.3. The molecule has 154 valence electrons. The zero-order valence-corrected chi connectivity index (χ0v) is 16.4. The molecule has 1 fully saturated rings. The van der Waals surface area contributed by atoms with Crippen molar-refractivity contribution in [3.63, 3.8) is 0 Å². The van der Waals surface area contributed by atoms with E-state index in [4.69, 9.17) is 10.5 Å². The average Bonchev–Trinajstić information content (AvgIpc) is 2.74. The molecule has 8 heteroatoms. The fourth-order valence-electron chi connectivity index (χ4n) is 3.69. The van der Waals surface area contributed by atoms with Crippen LogP contribution >= 0.6 is 0 Å². The molecule has 0 unspecified atom stereocenters. The minimum Gasteiger partial charge on any atom is -0.507 e. The molecule has 0 bridgehead atoms. The van der Waals surface area contributed by atoms with E-state index < -0.39 is 5.97 Å². The van der Waals surface area contributed by atoms with Crippen LogP contribution in [0.15, 0.2) is 48.5 Å². The third kappa shape index (κ3) is 3.77. The summed E-state index contributed by atoms with van der Waals surface area (Å²) in [5.41, 5.74) is 9.99. The fourth-order valence-corrected chi connectivity index (χ4v) is 3.69. The minimum atomic E-state index is -0.955. The number of aryl methyl sites for hydroxylation is 1. The summed E-state index contributed by atoms with van der Waals surface area (Å²) in [6.45, 7) is 3.52. The van der Waals surface area contributed by atoms with Gasteiger partial charge in [-0.2, -0.15) is 0 Å². The second-order valence-electron chi connectivity index (χ2n) is 7.20. The summed E-state index contributed by atoms with van der Waals surface area (Å²) in [6, 6.07) is 13.8. The van der Waals surface area contributed by atoms with E-state index in [1.54, 1.807) is 36.4 Å². The first kappa shape index (κ1) is 19.7. The van der Waals surface area contributed by atoms with Crippen LogP contribution in [0.4, 0.5) is 11.5 Å². The van der Waals surface area contributed by atoms with Gasteiger partial charge in [-0.25, -0.2) is 4.79 Å². The number of anilines is 2. The number of aromatic hydroxyl groups is 1. The molecule has 1 aliphatic rings. The van der Waals surface area contributed by atoms with E-state index in [0.717, 1.165) is 16.8 Å². The van der Waals surface area contributed by atoms with Crippen LogP contribution in [-0.2, 0) is 4.74 Å². The van der Waals surface area contributed by atoms with E-state index in [9.17, 15) is 15.0 Å². The first-order valence-corrected chi connectivity index (χ1v) is 9.56. The van der Waals surface area contributed by atoms with Crippen LogP contribution in [0.3, 0.4) is 0 Å². The number of phenolic OH excluding ortho intramolecular Hbond substituents is 1. The first-order chi connectivity index (χ1) is 14.4. The molecule has 0 aliphatic carbocycles. The van der Waals surface area contributed by atoms with Crippen molar-refractivity contribution >= 4 is 17.5 Å². The van der Waals surface area contributed by atoms with Crippen molar-refractivity contribution < 1.29 is 19.7 Å². The number of nitrogens with two attached hydrogens (primary N) is 1. The highest BCUT2D eigenvalue weighted by Gasteiger charge is 2.26. The summed E-state index contributed by atoms with van der Waals surface area (Å²) in [7, 11) is 0. The molecular weight excluding hydrogens is 384 g/mol. The highest BCUT2D eigenvalue weighted by molar-refractivity contribution is 5.87. The van der Waals surface area contributed by atoms with Gasteiger partial charge >= 0.3 is 5.97 Å². The van der Waals surface area contributed by atoms with Crippen LogP contribution in [0.25, 0.3) is 11.3 Å². The topological polar surface area (TPSA) is 122 Å². The maximum Gasteiger partial charge on any atom is 0.335 e. The lowest BCUT2D eigenvalue weighted by Crippen LogP contribution is -2.39. The number of carbonyl (C=O) groups is 1. The molecule has 8 nitrogen and oxygen atoms in total. The lowest BCUT2D eigenvalue weighted by molar-refractivity contribution is 0.0394. The van der Waals surface area contributed by atoms with Crippen molar-refractivity contribution in [2.45, 2.75) is 13.0 Å². The van der Waals surface area contributed by atoms with Gasteiger partial charge in [-0.15, -0.1) is 10.2 Å². The monoisotopic (exact) mass is 406 g/mol. The van der Waals surface area contributed by atoms with Gasteiger partial charge < -0.3 is 25.6 Å². The van der Waals surface area contributed by atoms with Crippen LogP contribution in [0.1, 0.15) is 27.6 Å². The number of nitrogens with zero attached hydrogens (tertiary/aromatic N) is 3. The summed E-state index contributed by atoms with van der Waals surface area (Å²) >= 11 is 0. The molecule has 4 N–H and O–H groups in total. The lowest BCUT2D eigenvalue weighted by Gasteiger charge is -2.35. The lowest BCUT2D eigenvalue weighted by atomic mass is 9.99. The highest BCUT2D eigenvalue weighted by atomic mass is 16.5. The number of para-hydroxylation sites is 1. The van der Waals surface area contributed by atoms with Crippen molar-refractivity contribution in [2.24, 2.45) is 0 Å². The molecule has 0 amide bonds. The maximum absolute atomic E-state index is 11.2. The van der Waals surface area contributed by atoms with Gasteiger partial charge in [-0.05, 0) is 48.4 Å². The van der Waals surface area contributed by atoms with E-state index in [1.165, 1.54) is 0 Å². The molecule has 1 aliphatic heterocycles. The predicted molar refractivity (Wildman–Crippen MR) is 113 cm³/mol. The minimum absolute atomic E-state index is 0.122. The van der Waals surface area contributed by atoms with Gasteiger partial charge in [0.25, 0.3) is 0 Å². The number of carboxylic acids is 1. The molecule has 3 aromatic rings. The second-order valence-corrected chi connectivity index (χ2v) is 7.20. The number of carboxylic acid groups (broad SMARTS) is 1. The van der Waals surface area contributed by atoms with E-state index >= 15 is 0 Å². The molecule has 30 heavy (non-hydrogen) atoms. The van der Waals surface area contributed by atoms with Gasteiger partial charge in [0.1, 0.15) is 11.9 Å². The smallest absolute Gasteiger partial charge is 0.335 e. The Morgan fingerprint density at radius 1 is 1.20 bits per heavy atom. The molecule has 1 aromatic heterocycles. The number of nitrogen functional groups attached to an aromatic ring is 1. The third-order valence-corrected chi connectivity index (χ3v) is 5.25. The molecule has 2 aromatic carbocycles. The number of ether oxygens (including phenoxy) is 1. The molecule has 2 heterocycles. The summed E-state index contributed by atoms with van der Waals surface area (Å²) in [6.07, 6.45) is -0.234. The summed E-state index contributed by atoms with van der Waals surface area (Å²) in [4.78, 5) is 13.3. The number of benzene rings is 2. The van der Waals surface area contributed by atoms with E-state index in [1.807, 2.05) is 19.1 Å². The van der Waals surface area contributed by atoms with Crippen LogP contribution in [0.2, 0.25) is 0 Å². The van der Waals surface area contributed by atoms with E-state index in [-0.39, 0.29) is 17.4 Å². The van der Waals surface area contributed by atoms with Crippen molar-refractivity contribution in [3.05, 3.63) is 65.2 Å². The molecular formula is C22H22N4O4. The van der Waals surface area contributed by atoms with Crippen molar-refractivity contribution in [1.82, 2.24) is 10.2 Å². The summed E-state index contributed by atoms with van der Waals surface area (Å²) in [5.74, 6) is -0.535. The molecule has 0 spiro atoms. The predicted octanol–water partition coefficient (Wildman–Crippen LogP) is 3.02. The van der Waals surface area contributed by atoms with E-state index in [0.29, 0.717) is 36.8 Å². The largest absolute Gasteiger partial charge is 0.507 e. The maximum atomic E-state index is 11.2. The number of hydrogen-bond acceptors (Lipinski definition) is 7. The van der Waals surface area contributed by atoms with Gasteiger partial charge in [0.05, 0.1) is 23.6 Å². The van der Waals surface area contributed by atoms with Crippen LogP contribution < -0.4 is 10.6 Å². The van der Waals surface area contributed by atoms with Gasteiger partial charge in [0.2, 0.25) is 0 Å². The Balaban J connectivity index is 1.63. The third-order valence-electron chi connectivity index (χ3n) is 5.25. The van der Waals surface area contributed by atoms with Gasteiger partial charge in [-0.3, -0.25) is 0 Å². The fraction of sp³-hybridized carbons (Fsp3) is 0.227. The SMILES string of the molecule is Cc1cc(C(=O)O)ccc1[C@H]1CN(c2cc(-c3ccccc3O)nnc2N)CCO1. The molecule has 1 saturated heterocycles. The number of phenols is 1. The average molecular weight is 406 g/mol. The van der Waals surface area contributed by atoms with Crippen molar-refractivity contribution in [1.29, 1.82) is 0 Å². The number of aromatic nitrogens is 2. The Labute approximate surface area is 173 Å². The quantitative estimate of drug-likeness (QED) is 0.604. The van der Waals surface area contributed by atoms with Gasteiger partial charge in [0, 0.05) is 18.7 Å². The van der Waals surface area contributed by atoms with Crippen LogP contribution in [-0.4, -0.2) is 46.1 Å². The Morgan fingerprint density at radius 3 is 2.73 bits per heavy atom. The number of morpholine rings is 1. The Hall–Kier alpha value is -3.65. The van der Waals surface area contributed by atoms with Crippen LogP contribution in [0, 0.1) is 6.92 Å². The Morgan fingerprint density at radius 2 is 2.00 bits per heavy atom. The standard InChI is InChI=1S/C22H22N4O4/c1-13-10-14(22(28)29)6-7-15(13)20-12-26(8-9-30-20)18-11-17(24-25-21(18)23)16-4-2-3-5-19(16)27/h2-7,10-11,20,27H,8-9,12H2,1H3,(H2,23,25)(H,28,29)/t20-/m1/s1. The highest BCUT2D eigenvalue weighted by Crippen LogP contribution is 2.34. The molecule has 0 radical (unpaired) electrons. The van der Waals surface area contributed by atoms with Crippen molar-refractivity contribution in [3.8, 4) is 17.0 Å². The van der Waals surface area contributed by atoms with Crippen molar-refractivity contribution in [2.75, 3.05) is 30.3 Å². The van der Waals surface area contributed by atoms with Crippen LogP contribution in [0.5, 0.6) is 5.75 Å². The number of rotatable bonds is 4. The summed E-state index contributed by atoms with van der Waals surface area (Å²) < 4.78 is 5.96. The van der Waals surface area contributed by atoms with E-state index in [2.05, 4.69) is 15.1 Å². The number of aromatic carboxylic acids is 1. The molecule has 1 atom stereocenters.